The Morgan fingerprint density at radius 3 is 2.20 bits per heavy atom. The van der Waals surface area contributed by atoms with Gasteiger partial charge in [0.15, 0.2) is 0 Å². The lowest BCUT2D eigenvalue weighted by molar-refractivity contribution is 0.494. The van der Waals surface area contributed by atoms with Crippen molar-refractivity contribution in [1.29, 1.82) is 0 Å². The van der Waals surface area contributed by atoms with Crippen molar-refractivity contribution in [2.75, 3.05) is 6.26 Å². The second-order valence-electron chi connectivity index (χ2n) is 4.94. The molecular weight excluding hydrogens is 286 g/mol. The molecule has 0 amide bonds. The minimum absolute atomic E-state index is 0.268. The molecule has 2 aromatic carbocycles. The van der Waals surface area contributed by atoms with Gasteiger partial charge in [-0.15, -0.1) is 11.8 Å². The predicted octanol–water partition coefficient (Wildman–Crippen LogP) is 5.47. The van der Waals surface area contributed by atoms with E-state index in [4.69, 9.17) is 11.6 Å². The van der Waals surface area contributed by atoms with Crippen LogP contribution in [0.2, 0.25) is 5.02 Å². The maximum atomic E-state index is 6.05. The van der Waals surface area contributed by atoms with Gasteiger partial charge in [0.2, 0.25) is 0 Å². The summed E-state index contributed by atoms with van der Waals surface area (Å²) >= 11 is 7.81. The van der Waals surface area contributed by atoms with Crippen molar-refractivity contribution in [2.24, 2.45) is 0 Å². The first-order chi connectivity index (χ1) is 9.60. The molecule has 0 heterocycles. The van der Waals surface area contributed by atoms with Crippen LogP contribution in [0.3, 0.4) is 0 Å². The lowest BCUT2D eigenvalue weighted by Crippen LogP contribution is -2.22. The van der Waals surface area contributed by atoms with E-state index >= 15 is 0 Å². The minimum Gasteiger partial charge on any atom is -0.304 e. The molecule has 0 fully saturated rings. The van der Waals surface area contributed by atoms with Gasteiger partial charge >= 0.3 is 0 Å². The topological polar surface area (TPSA) is 12.0 Å². The van der Waals surface area contributed by atoms with E-state index in [9.17, 15) is 0 Å². The second-order valence-corrected chi connectivity index (χ2v) is 6.25. The molecule has 0 aromatic heterocycles. The first kappa shape index (κ1) is 15.4. The van der Waals surface area contributed by atoms with Gasteiger partial charge in [0, 0.05) is 22.0 Å². The molecule has 0 spiro atoms. The highest BCUT2D eigenvalue weighted by Crippen LogP contribution is 2.23. The van der Waals surface area contributed by atoms with E-state index < -0.39 is 0 Å². The fourth-order valence-electron chi connectivity index (χ4n) is 2.24. The summed E-state index contributed by atoms with van der Waals surface area (Å²) < 4.78 is 0. The van der Waals surface area contributed by atoms with Gasteiger partial charge in [0.25, 0.3) is 0 Å². The Bertz CT molecular complexity index is 553. The van der Waals surface area contributed by atoms with Crippen LogP contribution in [-0.2, 0) is 0 Å². The Balaban J connectivity index is 2.04. The summed E-state index contributed by atoms with van der Waals surface area (Å²) in [6, 6.07) is 17.3. The number of thioether (sulfide) groups is 1. The summed E-state index contributed by atoms with van der Waals surface area (Å²) in [5.41, 5.74) is 2.52. The number of rotatable bonds is 5. The smallest absolute Gasteiger partial charge is 0.0409 e. The van der Waals surface area contributed by atoms with Gasteiger partial charge < -0.3 is 5.32 Å². The van der Waals surface area contributed by atoms with E-state index in [1.807, 2.05) is 18.2 Å². The number of benzene rings is 2. The molecule has 0 aliphatic heterocycles. The molecule has 0 aliphatic rings. The molecule has 1 unspecified atom stereocenters. The van der Waals surface area contributed by atoms with Gasteiger partial charge in [-0.1, -0.05) is 35.9 Å². The van der Waals surface area contributed by atoms with Crippen LogP contribution in [0.1, 0.15) is 37.1 Å². The summed E-state index contributed by atoms with van der Waals surface area (Å²) in [5.74, 6) is 0. The molecule has 0 saturated carbocycles. The highest BCUT2D eigenvalue weighted by atomic mass is 35.5. The average Bonchev–Trinajstić information content (AvgIpc) is 2.47. The van der Waals surface area contributed by atoms with Crippen LogP contribution in [0.4, 0.5) is 0 Å². The summed E-state index contributed by atoms with van der Waals surface area (Å²) in [4.78, 5) is 1.30. The number of nitrogens with one attached hydrogen (secondary N) is 1. The molecule has 2 atom stereocenters. The molecule has 2 aromatic rings. The Morgan fingerprint density at radius 2 is 1.60 bits per heavy atom. The monoisotopic (exact) mass is 305 g/mol. The fourth-order valence-corrected chi connectivity index (χ4v) is 2.84. The Labute approximate surface area is 130 Å². The molecule has 1 N–H and O–H groups in total. The van der Waals surface area contributed by atoms with E-state index in [-0.39, 0.29) is 6.04 Å². The van der Waals surface area contributed by atoms with Gasteiger partial charge in [-0.25, -0.2) is 0 Å². The van der Waals surface area contributed by atoms with Crippen LogP contribution < -0.4 is 5.32 Å². The van der Waals surface area contributed by atoms with Crippen LogP contribution in [0, 0.1) is 0 Å². The lowest BCUT2D eigenvalue weighted by Gasteiger charge is -2.21. The molecule has 3 heteroatoms. The third-order valence-electron chi connectivity index (χ3n) is 3.46. The van der Waals surface area contributed by atoms with Crippen molar-refractivity contribution < 1.29 is 0 Å². The molecule has 0 saturated heterocycles. The first-order valence-electron chi connectivity index (χ1n) is 6.75. The molecule has 0 aliphatic carbocycles. The third kappa shape index (κ3) is 4.02. The summed E-state index contributed by atoms with van der Waals surface area (Å²) in [7, 11) is 0. The van der Waals surface area contributed by atoms with Crippen molar-refractivity contribution in [1.82, 2.24) is 5.32 Å². The van der Waals surface area contributed by atoms with Crippen molar-refractivity contribution in [3.8, 4) is 0 Å². The van der Waals surface area contributed by atoms with Crippen LogP contribution in [0.25, 0.3) is 0 Å². The SMILES string of the molecule is CSc1ccc(C(C)N[C@@H](C)c2cccc(Cl)c2)cc1. The molecular formula is C17H20ClNS. The molecule has 0 radical (unpaired) electrons. The third-order valence-corrected chi connectivity index (χ3v) is 4.44. The van der Waals surface area contributed by atoms with Crippen LogP contribution in [0.15, 0.2) is 53.4 Å². The standard InChI is InChI=1S/C17H20ClNS/c1-12(14-7-9-17(20-3)10-8-14)19-13(2)15-5-4-6-16(18)11-15/h4-13,19H,1-3H3/t12?,13-/m0/s1. The molecule has 2 rings (SSSR count). The maximum Gasteiger partial charge on any atom is 0.0409 e. The van der Waals surface area contributed by atoms with Crippen molar-refractivity contribution in [3.05, 3.63) is 64.7 Å². The zero-order valence-corrected chi connectivity index (χ0v) is 13.6. The Hall–Kier alpha value is -0.960. The number of hydrogen-bond donors (Lipinski definition) is 1. The van der Waals surface area contributed by atoms with E-state index in [2.05, 4.69) is 55.8 Å². The van der Waals surface area contributed by atoms with Crippen molar-refractivity contribution in [3.63, 3.8) is 0 Å². The molecule has 0 bridgehead atoms. The van der Waals surface area contributed by atoms with Crippen molar-refractivity contribution >= 4 is 23.4 Å². The van der Waals surface area contributed by atoms with Crippen LogP contribution in [-0.4, -0.2) is 6.26 Å². The van der Waals surface area contributed by atoms with E-state index in [1.165, 1.54) is 16.0 Å². The summed E-state index contributed by atoms with van der Waals surface area (Å²) in [6.45, 7) is 4.35. The zero-order chi connectivity index (χ0) is 14.5. The Kier molecular flexibility index (Phi) is 5.53. The molecule has 1 nitrogen and oxygen atoms in total. The van der Waals surface area contributed by atoms with Crippen molar-refractivity contribution in [2.45, 2.75) is 30.8 Å². The largest absolute Gasteiger partial charge is 0.304 e. The van der Waals surface area contributed by atoms with Gasteiger partial charge in [0.1, 0.15) is 0 Å². The van der Waals surface area contributed by atoms with Gasteiger partial charge in [-0.05, 0) is 55.5 Å². The second kappa shape index (κ2) is 7.16. The lowest BCUT2D eigenvalue weighted by atomic mass is 10.0. The quantitative estimate of drug-likeness (QED) is 0.735. The predicted molar refractivity (Wildman–Crippen MR) is 89.6 cm³/mol. The highest BCUT2D eigenvalue weighted by molar-refractivity contribution is 7.98. The normalized spacial score (nSPS) is 14.0. The van der Waals surface area contributed by atoms with E-state index in [0.29, 0.717) is 6.04 Å². The fraction of sp³-hybridized carbons (Fsp3) is 0.294. The number of halogens is 1. The molecule has 20 heavy (non-hydrogen) atoms. The number of hydrogen-bond acceptors (Lipinski definition) is 2. The van der Waals surface area contributed by atoms with E-state index in [0.717, 1.165) is 5.02 Å². The average molecular weight is 306 g/mol. The van der Waals surface area contributed by atoms with Gasteiger partial charge in [-0.2, -0.15) is 0 Å². The maximum absolute atomic E-state index is 6.05. The Morgan fingerprint density at radius 1 is 0.950 bits per heavy atom. The first-order valence-corrected chi connectivity index (χ1v) is 8.36. The highest BCUT2D eigenvalue weighted by Gasteiger charge is 2.11. The van der Waals surface area contributed by atoms with Crippen LogP contribution >= 0.6 is 23.4 Å². The molecule has 106 valence electrons. The minimum atomic E-state index is 0.268. The zero-order valence-electron chi connectivity index (χ0n) is 12.1. The van der Waals surface area contributed by atoms with Crippen LogP contribution in [0.5, 0.6) is 0 Å². The summed E-state index contributed by atoms with van der Waals surface area (Å²) in [6.07, 6.45) is 2.10. The van der Waals surface area contributed by atoms with E-state index in [1.54, 1.807) is 11.8 Å². The summed E-state index contributed by atoms with van der Waals surface area (Å²) in [5, 5.41) is 4.40. The van der Waals surface area contributed by atoms with Gasteiger partial charge in [-0.3, -0.25) is 0 Å². The van der Waals surface area contributed by atoms with Gasteiger partial charge in [0.05, 0.1) is 0 Å².